The lowest BCUT2D eigenvalue weighted by atomic mass is 10.1. The maximum atomic E-state index is 4.73. The van der Waals surface area contributed by atoms with Crippen LogP contribution in [0.3, 0.4) is 0 Å². The van der Waals surface area contributed by atoms with Gasteiger partial charge in [-0.25, -0.2) is 4.98 Å². The highest BCUT2D eigenvalue weighted by Crippen LogP contribution is 2.32. The topological polar surface area (TPSA) is 52.6 Å². The Labute approximate surface area is 162 Å². The molecule has 0 atom stereocenters. The summed E-state index contributed by atoms with van der Waals surface area (Å²) < 4.78 is 0. The Balaban J connectivity index is 0.00000208. The zero-order chi connectivity index (χ0) is 15.9. The zero-order valence-corrected chi connectivity index (χ0v) is 16.9. The van der Waals surface area contributed by atoms with E-state index in [9.17, 15) is 0 Å². The number of anilines is 1. The van der Waals surface area contributed by atoms with Crippen LogP contribution in [0.25, 0.3) is 0 Å². The lowest BCUT2D eigenvalue weighted by molar-refractivity contribution is 0.459. The monoisotopic (exact) mass is 443 g/mol. The highest BCUT2D eigenvalue weighted by Gasteiger charge is 2.22. The molecule has 2 heterocycles. The number of nitrogens with one attached hydrogen (secondary N) is 2. The SMILES string of the molecule is CCNC(=NCCC1CC1)NC1CCN(c2ccccn2)CC1.I. The van der Waals surface area contributed by atoms with E-state index in [1.165, 1.54) is 19.3 Å². The molecule has 0 amide bonds. The van der Waals surface area contributed by atoms with Gasteiger partial charge in [0.05, 0.1) is 0 Å². The first-order chi connectivity index (χ1) is 11.3. The normalized spacial score (nSPS) is 18.9. The van der Waals surface area contributed by atoms with Crippen LogP contribution in [0.5, 0.6) is 0 Å². The van der Waals surface area contributed by atoms with E-state index in [2.05, 4.69) is 39.6 Å². The number of rotatable bonds is 6. The van der Waals surface area contributed by atoms with Crippen molar-refractivity contribution in [2.24, 2.45) is 10.9 Å². The minimum Gasteiger partial charge on any atom is -0.357 e. The molecule has 1 saturated heterocycles. The first kappa shape index (κ1) is 19.3. The smallest absolute Gasteiger partial charge is 0.191 e. The molecule has 2 aliphatic rings. The molecule has 5 nitrogen and oxygen atoms in total. The predicted octanol–water partition coefficient (Wildman–Crippen LogP) is 3.02. The van der Waals surface area contributed by atoms with Crippen molar-refractivity contribution >= 4 is 35.8 Å². The van der Waals surface area contributed by atoms with Crippen molar-refractivity contribution in [1.29, 1.82) is 0 Å². The van der Waals surface area contributed by atoms with Crippen molar-refractivity contribution in [3.63, 3.8) is 0 Å². The second kappa shape index (κ2) is 10.1. The Morgan fingerprint density at radius 1 is 1.25 bits per heavy atom. The largest absolute Gasteiger partial charge is 0.357 e. The maximum absolute atomic E-state index is 4.73. The van der Waals surface area contributed by atoms with Crippen LogP contribution >= 0.6 is 24.0 Å². The summed E-state index contributed by atoms with van der Waals surface area (Å²) in [6, 6.07) is 6.63. The first-order valence-electron chi connectivity index (χ1n) is 9.06. The van der Waals surface area contributed by atoms with Gasteiger partial charge < -0.3 is 15.5 Å². The molecule has 3 rings (SSSR count). The highest BCUT2D eigenvalue weighted by molar-refractivity contribution is 14.0. The standard InChI is InChI=1S/C18H29N5.HI/c1-2-19-18(21-12-8-15-6-7-15)22-16-9-13-23(14-10-16)17-5-3-4-11-20-17;/h3-5,11,15-16H,2,6-10,12-14H2,1H3,(H2,19,21,22);1H. The zero-order valence-electron chi connectivity index (χ0n) is 14.6. The maximum Gasteiger partial charge on any atom is 0.191 e. The van der Waals surface area contributed by atoms with Crippen molar-refractivity contribution in [3.8, 4) is 0 Å². The van der Waals surface area contributed by atoms with E-state index in [1.54, 1.807) is 0 Å². The molecule has 0 radical (unpaired) electrons. The molecule has 1 aromatic rings. The van der Waals surface area contributed by atoms with Crippen LogP contribution in [0, 0.1) is 5.92 Å². The van der Waals surface area contributed by atoms with Gasteiger partial charge in [0.2, 0.25) is 0 Å². The van der Waals surface area contributed by atoms with Crippen LogP contribution in [0.1, 0.15) is 39.0 Å². The Kier molecular flexibility index (Phi) is 8.08. The number of nitrogens with zero attached hydrogens (tertiary/aromatic N) is 3. The van der Waals surface area contributed by atoms with Gasteiger partial charge in [-0.15, -0.1) is 24.0 Å². The number of pyridine rings is 1. The van der Waals surface area contributed by atoms with Gasteiger partial charge in [-0.1, -0.05) is 18.9 Å². The lowest BCUT2D eigenvalue weighted by Gasteiger charge is -2.33. The number of aromatic nitrogens is 1. The molecular weight excluding hydrogens is 413 g/mol. The summed E-state index contributed by atoms with van der Waals surface area (Å²) in [6.45, 7) is 6.10. The number of piperidine rings is 1. The summed E-state index contributed by atoms with van der Waals surface area (Å²) in [6.07, 6.45) is 8.19. The third kappa shape index (κ3) is 6.11. The van der Waals surface area contributed by atoms with Crippen LogP contribution in [0.15, 0.2) is 29.4 Å². The molecule has 1 aliphatic heterocycles. The van der Waals surface area contributed by atoms with Crippen molar-refractivity contribution in [1.82, 2.24) is 15.6 Å². The molecular formula is C18H30IN5. The third-order valence-electron chi connectivity index (χ3n) is 4.66. The number of aliphatic imine (C=N–C) groups is 1. The van der Waals surface area contributed by atoms with E-state index in [4.69, 9.17) is 4.99 Å². The Hall–Kier alpha value is -1.05. The van der Waals surface area contributed by atoms with E-state index in [-0.39, 0.29) is 24.0 Å². The molecule has 6 heteroatoms. The van der Waals surface area contributed by atoms with E-state index < -0.39 is 0 Å². The van der Waals surface area contributed by atoms with E-state index in [0.717, 1.165) is 56.7 Å². The Bertz CT molecular complexity index is 495. The van der Waals surface area contributed by atoms with Crippen molar-refractivity contribution in [3.05, 3.63) is 24.4 Å². The third-order valence-corrected chi connectivity index (χ3v) is 4.66. The number of halogens is 1. The van der Waals surface area contributed by atoms with Gasteiger partial charge in [-0.05, 0) is 44.2 Å². The van der Waals surface area contributed by atoms with Crippen molar-refractivity contribution in [2.45, 2.75) is 45.1 Å². The fraction of sp³-hybridized carbons (Fsp3) is 0.667. The van der Waals surface area contributed by atoms with Crippen LogP contribution in [-0.4, -0.2) is 43.2 Å². The molecule has 1 aliphatic carbocycles. The van der Waals surface area contributed by atoms with Crippen LogP contribution in [0.2, 0.25) is 0 Å². The molecule has 2 N–H and O–H groups in total. The minimum atomic E-state index is 0. The summed E-state index contributed by atoms with van der Waals surface area (Å²) in [5, 5.41) is 6.99. The first-order valence-corrected chi connectivity index (χ1v) is 9.06. The van der Waals surface area contributed by atoms with Crippen molar-refractivity contribution < 1.29 is 0 Å². The highest BCUT2D eigenvalue weighted by atomic mass is 127. The van der Waals surface area contributed by atoms with E-state index in [0.29, 0.717) is 6.04 Å². The Morgan fingerprint density at radius 3 is 2.67 bits per heavy atom. The predicted molar refractivity (Wildman–Crippen MR) is 111 cm³/mol. The summed E-state index contributed by atoms with van der Waals surface area (Å²) in [5.74, 6) is 3.03. The molecule has 1 aromatic heterocycles. The van der Waals surface area contributed by atoms with Gasteiger partial charge in [0, 0.05) is 38.4 Å². The molecule has 24 heavy (non-hydrogen) atoms. The number of hydrogen-bond acceptors (Lipinski definition) is 3. The van der Waals surface area contributed by atoms with Gasteiger partial charge in [0.25, 0.3) is 0 Å². The molecule has 1 saturated carbocycles. The minimum absolute atomic E-state index is 0. The van der Waals surface area contributed by atoms with Gasteiger partial charge in [-0.3, -0.25) is 4.99 Å². The summed E-state index contributed by atoms with van der Waals surface area (Å²) in [7, 11) is 0. The van der Waals surface area contributed by atoms with E-state index in [1.807, 2.05) is 12.3 Å². The van der Waals surface area contributed by atoms with E-state index >= 15 is 0 Å². The summed E-state index contributed by atoms with van der Waals surface area (Å²) >= 11 is 0. The molecule has 0 aromatic carbocycles. The second-order valence-electron chi connectivity index (χ2n) is 6.59. The molecule has 2 fully saturated rings. The average Bonchev–Trinajstić information content (AvgIpc) is 3.41. The van der Waals surface area contributed by atoms with Gasteiger partial charge in [-0.2, -0.15) is 0 Å². The molecule has 0 bridgehead atoms. The van der Waals surface area contributed by atoms with Gasteiger partial charge >= 0.3 is 0 Å². The molecule has 0 spiro atoms. The summed E-state index contributed by atoms with van der Waals surface area (Å²) in [4.78, 5) is 11.6. The number of guanidine groups is 1. The quantitative estimate of drug-likeness (QED) is 0.403. The van der Waals surface area contributed by atoms with Crippen LogP contribution in [-0.2, 0) is 0 Å². The molecule has 0 unspecified atom stereocenters. The van der Waals surface area contributed by atoms with Crippen LogP contribution < -0.4 is 15.5 Å². The van der Waals surface area contributed by atoms with Gasteiger partial charge in [0.1, 0.15) is 5.82 Å². The summed E-state index contributed by atoms with van der Waals surface area (Å²) in [5.41, 5.74) is 0. The number of hydrogen-bond donors (Lipinski definition) is 2. The Morgan fingerprint density at radius 2 is 2.04 bits per heavy atom. The second-order valence-corrected chi connectivity index (χ2v) is 6.59. The lowest BCUT2D eigenvalue weighted by Crippen LogP contribution is -2.49. The molecule has 134 valence electrons. The van der Waals surface area contributed by atoms with Crippen LogP contribution in [0.4, 0.5) is 5.82 Å². The fourth-order valence-electron chi connectivity index (χ4n) is 3.07. The fourth-order valence-corrected chi connectivity index (χ4v) is 3.07. The van der Waals surface area contributed by atoms with Gasteiger partial charge in [0.15, 0.2) is 5.96 Å². The average molecular weight is 443 g/mol. The van der Waals surface area contributed by atoms with Crippen molar-refractivity contribution in [2.75, 3.05) is 31.1 Å².